The summed E-state index contributed by atoms with van der Waals surface area (Å²) in [6.45, 7) is -0.155. The summed E-state index contributed by atoms with van der Waals surface area (Å²) in [5.74, 6) is -0.660. The van der Waals surface area contributed by atoms with Gasteiger partial charge in [0.25, 0.3) is 0 Å². The fourth-order valence-corrected chi connectivity index (χ4v) is 5.41. The Morgan fingerprint density at radius 1 is 1.09 bits per heavy atom. The lowest BCUT2D eigenvalue weighted by Gasteiger charge is -2.42. The van der Waals surface area contributed by atoms with Crippen LogP contribution in [0, 0.1) is 17.6 Å². The lowest BCUT2D eigenvalue weighted by Crippen LogP contribution is -2.54. The first-order chi connectivity index (χ1) is 16.4. The molecular weight excluding hydrogens is 438 g/mol. The van der Waals surface area contributed by atoms with Crippen molar-refractivity contribution < 1.29 is 23.8 Å². The molecule has 2 aromatic carbocycles. The number of hydrogen-bond acceptors (Lipinski definition) is 3. The van der Waals surface area contributed by atoms with Gasteiger partial charge in [0.2, 0.25) is 0 Å². The van der Waals surface area contributed by atoms with E-state index in [-0.39, 0.29) is 37.4 Å². The predicted molar refractivity (Wildman–Crippen MR) is 127 cm³/mol. The lowest BCUT2D eigenvalue weighted by atomic mass is 9.84. The van der Waals surface area contributed by atoms with Crippen LogP contribution < -0.4 is 0 Å². The molecule has 7 heteroatoms. The minimum absolute atomic E-state index is 0.0459. The van der Waals surface area contributed by atoms with Gasteiger partial charge in [-0.25, -0.2) is 13.6 Å². The Labute approximate surface area is 199 Å². The molecule has 0 spiro atoms. The molecule has 0 saturated heterocycles. The van der Waals surface area contributed by atoms with E-state index in [4.69, 9.17) is 0 Å². The second-order valence-corrected chi connectivity index (χ2v) is 9.41. The van der Waals surface area contributed by atoms with Crippen LogP contribution in [0.25, 0.3) is 5.57 Å². The third kappa shape index (κ3) is 4.59. The van der Waals surface area contributed by atoms with Crippen LogP contribution in [0.4, 0.5) is 13.6 Å². The van der Waals surface area contributed by atoms with E-state index in [2.05, 4.69) is 0 Å². The molecule has 182 valence electrons. The molecule has 2 amide bonds. The molecule has 1 fully saturated rings. The first-order valence-corrected chi connectivity index (χ1v) is 11.9. The summed E-state index contributed by atoms with van der Waals surface area (Å²) >= 11 is 0. The number of aliphatic hydroxyl groups excluding tert-OH is 2. The lowest BCUT2D eigenvalue weighted by molar-refractivity contribution is 0.0714. The third-order valence-corrected chi connectivity index (χ3v) is 7.45. The highest BCUT2D eigenvalue weighted by molar-refractivity contribution is 5.83. The predicted octanol–water partition coefficient (Wildman–Crippen LogP) is 4.54. The van der Waals surface area contributed by atoms with Gasteiger partial charge in [-0.3, -0.25) is 0 Å². The van der Waals surface area contributed by atoms with Crippen molar-refractivity contribution in [2.75, 3.05) is 26.8 Å². The number of amides is 2. The summed E-state index contributed by atoms with van der Waals surface area (Å²) in [5.41, 5.74) is 0.0756. The molecule has 1 saturated carbocycles. The number of hydrogen-bond donors (Lipinski definition) is 2. The first-order valence-electron chi connectivity index (χ1n) is 11.9. The molecule has 2 aliphatic rings. The maximum Gasteiger partial charge on any atom is 0.321 e. The van der Waals surface area contributed by atoms with Crippen molar-refractivity contribution in [3.63, 3.8) is 0 Å². The number of carbonyl (C=O) groups is 1. The smallest absolute Gasteiger partial charge is 0.321 e. The molecule has 2 N–H and O–H groups in total. The Bertz CT molecular complexity index is 1040. The zero-order chi connectivity index (χ0) is 24.3. The number of urea groups is 1. The quantitative estimate of drug-likeness (QED) is 0.651. The maximum absolute atomic E-state index is 14.7. The van der Waals surface area contributed by atoms with E-state index in [0.717, 1.165) is 50.3 Å². The number of aliphatic hydroxyl groups is 2. The van der Waals surface area contributed by atoms with Gasteiger partial charge in [-0.2, -0.15) is 0 Å². The fourth-order valence-electron chi connectivity index (χ4n) is 5.41. The molecular formula is C27H32F2N2O3. The van der Waals surface area contributed by atoms with E-state index in [9.17, 15) is 23.8 Å². The molecule has 0 radical (unpaired) electrons. The molecule has 1 heterocycles. The van der Waals surface area contributed by atoms with E-state index in [1.54, 1.807) is 22.9 Å². The molecule has 5 nitrogen and oxygen atoms in total. The number of carbonyl (C=O) groups excluding carboxylic acids is 1. The van der Waals surface area contributed by atoms with Gasteiger partial charge >= 0.3 is 6.03 Å². The van der Waals surface area contributed by atoms with Crippen molar-refractivity contribution in [2.45, 2.75) is 43.7 Å². The Balaban J connectivity index is 1.66. The van der Waals surface area contributed by atoms with E-state index in [0.29, 0.717) is 17.1 Å². The molecule has 34 heavy (non-hydrogen) atoms. The summed E-state index contributed by atoms with van der Waals surface area (Å²) in [6, 6.07) is 12.2. The van der Waals surface area contributed by atoms with E-state index in [1.165, 1.54) is 0 Å². The highest BCUT2D eigenvalue weighted by Crippen LogP contribution is 2.42. The number of halogens is 2. The molecule has 4 rings (SSSR count). The van der Waals surface area contributed by atoms with Crippen LogP contribution in [0.5, 0.6) is 0 Å². The first kappa shape index (κ1) is 24.4. The third-order valence-electron chi connectivity index (χ3n) is 7.45. The van der Waals surface area contributed by atoms with Crippen molar-refractivity contribution in [1.29, 1.82) is 0 Å². The fraction of sp³-hybridized carbons (Fsp3) is 0.444. The van der Waals surface area contributed by atoms with Crippen molar-refractivity contribution in [2.24, 2.45) is 5.92 Å². The zero-order valence-electron chi connectivity index (χ0n) is 19.5. The highest BCUT2D eigenvalue weighted by atomic mass is 19.1. The molecule has 1 aliphatic heterocycles. The standard InChI is InChI=1S/C27H32F2N2O3/c1-30(23-10-7-19(8-11-23)13-14-32)26(34)31-17-20(24-15-22(28)9-12-25(24)29)16-27(31,18-33)21-5-3-2-4-6-21/h2-6,9,12,15-16,19,23,32-33H,7-8,10-11,13-14,17-18H2,1H3. The number of rotatable bonds is 6. The SMILES string of the molecule is CN(C(=O)N1CC(c2cc(F)ccc2F)=CC1(CO)c1ccccc1)C1CCC(CCO)CC1. The van der Waals surface area contributed by atoms with Gasteiger partial charge in [-0.15, -0.1) is 0 Å². The van der Waals surface area contributed by atoms with Gasteiger partial charge in [-0.1, -0.05) is 30.3 Å². The normalized spacial score (nSPS) is 24.7. The molecule has 1 atom stereocenters. The van der Waals surface area contributed by atoms with Crippen LogP contribution in [-0.4, -0.2) is 58.9 Å². The van der Waals surface area contributed by atoms with Gasteiger partial charge in [0, 0.05) is 31.8 Å². The van der Waals surface area contributed by atoms with Crippen molar-refractivity contribution in [3.05, 3.63) is 77.4 Å². The summed E-state index contributed by atoms with van der Waals surface area (Å²) in [7, 11) is 1.77. The summed E-state index contributed by atoms with van der Waals surface area (Å²) < 4.78 is 28.6. The average molecular weight is 471 g/mol. The van der Waals surface area contributed by atoms with Gasteiger partial charge in [0.1, 0.15) is 17.2 Å². The molecule has 0 aromatic heterocycles. The van der Waals surface area contributed by atoms with Crippen molar-refractivity contribution in [3.8, 4) is 0 Å². The Hall–Kier alpha value is -2.77. The number of benzene rings is 2. The topological polar surface area (TPSA) is 64.0 Å². The maximum atomic E-state index is 14.7. The monoisotopic (exact) mass is 470 g/mol. The Kier molecular flexibility index (Phi) is 7.33. The van der Waals surface area contributed by atoms with E-state index >= 15 is 0 Å². The summed E-state index contributed by atoms with van der Waals surface area (Å²) in [5, 5.41) is 19.8. The minimum Gasteiger partial charge on any atom is -0.396 e. The molecule has 2 aromatic rings. The van der Waals surface area contributed by atoms with E-state index < -0.39 is 17.2 Å². The minimum atomic E-state index is -1.19. The van der Waals surface area contributed by atoms with Crippen molar-refractivity contribution in [1.82, 2.24) is 9.80 Å². The molecule has 0 bridgehead atoms. The van der Waals surface area contributed by atoms with Gasteiger partial charge in [0.15, 0.2) is 0 Å². The van der Waals surface area contributed by atoms with Crippen LogP contribution in [0.1, 0.15) is 43.2 Å². The summed E-state index contributed by atoms with van der Waals surface area (Å²) in [4.78, 5) is 17.1. The zero-order valence-corrected chi connectivity index (χ0v) is 19.5. The average Bonchev–Trinajstić information content (AvgIpc) is 3.26. The van der Waals surface area contributed by atoms with Crippen LogP contribution in [-0.2, 0) is 5.54 Å². The Morgan fingerprint density at radius 2 is 1.79 bits per heavy atom. The second-order valence-electron chi connectivity index (χ2n) is 9.41. The van der Waals surface area contributed by atoms with Crippen LogP contribution in [0.2, 0.25) is 0 Å². The van der Waals surface area contributed by atoms with E-state index in [1.807, 2.05) is 30.3 Å². The Morgan fingerprint density at radius 3 is 2.44 bits per heavy atom. The second kappa shape index (κ2) is 10.2. The van der Waals surface area contributed by atoms with Crippen molar-refractivity contribution >= 4 is 11.6 Å². The van der Waals surface area contributed by atoms with Gasteiger partial charge in [0.05, 0.1) is 6.61 Å². The largest absolute Gasteiger partial charge is 0.396 e. The highest BCUT2D eigenvalue weighted by Gasteiger charge is 2.46. The summed E-state index contributed by atoms with van der Waals surface area (Å²) in [6.07, 6.45) is 6.07. The molecule has 1 unspecified atom stereocenters. The molecule has 1 aliphatic carbocycles. The van der Waals surface area contributed by atoms with Crippen LogP contribution >= 0.6 is 0 Å². The van der Waals surface area contributed by atoms with Crippen LogP contribution in [0.15, 0.2) is 54.6 Å². The van der Waals surface area contributed by atoms with Crippen LogP contribution in [0.3, 0.4) is 0 Å². The van der Waals surface area contributed by atoms with Gasteiger partial charge < -0.3 is 20.0 Å². The number of nitrogens with zero attached hydrogens (tertiary/aromatic N) is 2. The van der Waals surface area contributed by atoms with Gasteiger partial charge in [-0.05, 0) is 73.4 Å².